The van der Waals surface area contributed by atoms with Crippen LogP contribution >= 0.6 is 11.6 Å². The molecule has 1 N–H and O–H groups in total. The first kappa shape index (κ1) is 15.4. The van der Waals surface area contributed by atoms with E-state index in [0.717, 1.165) is 38.0 Å². The average molecular weight is 319 g/mol. The molecule has 2 heterocycles. The number of aryl methyl sites for hydroxylation is 2. The fraction of sp³-hybridized carbons (Fsp3) is 0.389. The van der Waals surface area contributed by atoms with Crippen LogP contribution in [-0.2, 0) is 12.8 Å². The van der Waals surface area contributed by atoms with E-state index in [1.54, 1.807) is 12.1 Å². The first-order valence-electron chi connectivity index (χ1n) is 7.83. The summed E-state index contributed by atoms with van der Waals surface area (Å²) in [7, 11) is 0. The van der Waals surface area contributed by atoms with E-state index >= 15 is 0 Å². The maximum absolute atomic E-state index is 13.8. The summed E-state index contributed by atoms with van der Waals surface area (Å²) in [6.07, 6.45) is 3.63. The van der Waals surface area contributed by atoms with Crippen LogP contribution in [0.25, 0.3) is 0 Å². The Morgan fingerprint density at radius 2 is 1.95 bits per heavy atom. The number of benzene rings is 1. The Bertz CT molecular complexity index is 639. The molecule has 1 aliphatic heterocycles. The first-order chi connectivity index (χ1) is 10.7. The van der Waals surface area contributed by atoms with E-state index in [4.69, 9.17) is 16.6 Å². The molecule has 116 valence electrons. The summed E-state index contributed by atoms with van der Waals surface area (Å²) in [5.74, 6) is 0.350. The van der Waals surface area contributed by atoms with Crippen molar-refractivity contribution in [2.45, 2.75) is 31.6 Å². The predicted molar refractivity (Wildman–Crippen MR) is 87.9 cm³/mol. The standard InChI is InChI=1S/C18H20ClFN2/c19-15-5-7-17(20)14(12-15)4-6-16-2-1-3-18(22-16)13-8-10-21-11-9-13/h1-3,5,7,12-13,21H,4,6,8-11H2. The van der Waals surface area contributed by atoms with Gasteiger partial charge in [0.1, 0.15) is 5.82 Å². The van der Waals surface area contributed by atoms with E-state index in [1.807, 2.05) is 6.07 Å². The molecule has 4 heteroatoms. The third-order valence-corrected chi connectivity index (χ3v) is 4.48. The van der Waals surface area contributed by atoms with Gasteiger partial charge in [-0.2, -0.15) is 0 Å². The molecule has 1 saturated heterocycles. The lowest BCUT2D eigenvalue weighted by Crippen LogP contribution is -2.27. The third kappa shape index (κ3) is 3.84. The van der Waals surface area contributed by atoms with Crippen molar-refractivity contribution in [2.75, 3.05) is 13.1 Å². The SMILES string of the molecule is Fc1ccc(Cl)cc1CCc1cccc(C2CCNCC2)n1. The maximum Gasteiger partial charge on any atom is 0.126 e. The van der Waals surface area contributed by atoms with Crippen molar-refractivity contribution in [1.82, 2.24) is 10.3 Å². The number of halogens is 2. The summed E-state index contributed by atoms with van der Waals surface area (Å²) in [6.45, 7) is 2.12. The van der Waals surface area contributed by atoms with Gasteiger partial charge in [0.2, 0.25) is 0 Å². The number of rotatable bonds is 4. The minimum atomic E-state index is -0.195. The molecule has 2 nitrogen and oxygen atoms in total. The molecular weight excluding hydrogens is 299 g/mol. The molecular formula is C18H20ClFN2. The number of hydrogen-bond donors (Lipinski definition) is 1. The van der Waals surface area contributed by atoms with Crippen molar-refractivity contribution >= 4 is 11.6 Å². The zero-order valence-corrected chi connectivity index (χ0v) is 13.2. The summed E-state index contributed by atoms with van der Waals surface area (Å²) >= 11 is 5.94. The van der Waals surface area contributed by atoms with Gasteiger partial charge < -0.3 is 5.32 Å². The van der Waals surface area contributed by atoms with Gasteiger partial charge in [-0.15, -0.1) is 0 Å². The minimum absolute atomic E-state index is 0.195. The highest BCUT2D eigenvalue weighted by Gasteiger charge is 2.16. The number of hydrogen-bond acceptors (Lipinski definition) is 2. The van der Waals surface area contributed by atoms with Crippen LogP contribution in [0.4, 0.5) is 4.39 Å². The second-order valence-electron chi connectivity index (χ2n) is 5.81. The zero-order chi connectivity index (χ0) is 15.4. The second-order valence-corrected chi connectivity index (χ2v) is 6.25. The molecule has 0 radical (unpaired) electrons. The van der Waals surface area contributed by atoms with Gasteiger partial charge >= 0.3 is 0 Å². The highest BCUT2D eigenvalue weighted by Crippen LogP contribution is 2.24. The van der Waals surface area contributed by atoms with Crippen molar-refractivity contribution in [3.63, 3.8) is 0 Å². The summed E-state index contributed by atoms with van der Waals surface area (Å²) in [5, 5.41) is 3.95. The summed E-state index contributed by atoms with van der Waals surface area (Å²) in [5.41, 5.74) is 2.85. The normalized spacial score (nSPS) is 15.9. The number of aromatic nitrogens is 1. The Hall–Kier alpha value is -1.45. The lowest BCUT2D eigenvalue weighted by atomic mass is 9.94. The van der Waals surface area contributed by atoms with Gasteiger partial charge in [-0.25, -0.2) is 4.39 Å². The second kappa shape index (κ2) is 7.21. The fourth-order valence-electron chi connectivity index (χ4n) is 2.98. The molecule has 22 heavy (non-hydrogen) atoms. The molecule has 2 aromatic rings. The quantitative estimate of drug-likeness (QED) is 0.917. The summed E-state index contributed by atoms with van der Waals surface area (Å²) in [4.78, 5) is 4.78. The Labute approximate surface area is 135 Å². The number of nitrogens with one attached hydrogen (secondary N) is 1. The molecule has 0 unspecified atom stereocenters. The molecule has 0 amide bonds. The van der Waals surface area contributed by atoms with Crippen LogP contribution < -0.4 is 5.32 Å². The monoisotopic (exact) mass is 318 g/mol. The Balaban J connectivity index is 1.68. The predicted octanol–water partition coefficient (Wildman–Crippen LogP) is 4.13. The number of nitrogens with zero attached hydrogens (tertiary/aromatic N) is 1. The Kier molecular flexibility index (Phi) is 5.06. The molecule has 1 aliphatic rings. The van der Waals surface area contributed by atoms with E-state index in [-0.39, 0.29) is 5.82 Å². The topological polar surface area (TPSA) is 24.9 Å². The van der Waals surface area contributed by atoms with Crippen molar-refractivity contribution in [3.8, 4) is 0 Å². The maximum atomic E-state index is 13.8. The van der Waals surface area contributed by atoms with Crippen LogP contribution in [0.3, 0.4) is 0 Å². The van der Waals surface area contributed by atoms with E-state index in [2.05, 4.69) is 17.4 Å². The number of pyridine rings is 1. The Morgan fingerprint density at radius 1 is 1.14 bits per heavy atom. The van der Waals surface area contributed by atoms with Gasteiger partial charge in [-0.05, 0) is 74.7 Å². The van der Waals surface area contributed by atoms with Gasteiger partial charge in [0.25, 0.3) is 0 Å². The largest absolute Gasteiger partial charge is 0.317 e. The minimum Gasteiger partial charge on any atom is -0.317 e. The molecule has 1 fully saturated rings. The molecule has 0 bridgehead atoms. The Morgan fingerprint density at radius 3 is 2.77 bits per heavy atom. The molecule has 0 aliphatic carbocycles. The molecule has 1 aromatic heterocycles. The summed E-state index contributed by atoms with van der Waals surface area (Å²) < 4.78 is 13.8. The molecule has 0 atom stereocenters. The molecule has 0 spiro atoms. The van der Waals surface area contributed by atoms with Crippen LogP contribution in [0, 0.1) is 5.82 Å². The highest BCUT2D eigenvalue weighted by molar-refractivity contribution is 6.30. The van der Waals surface area contributed by atoms with Crippen LogP contribution in [0.2, 0.25) is 5.02 Å². The van der Waals surface area contributed by atoms with Gasteiger partial charge in [0.15, 0.2) is 0 Å². The highest BCUT2D eigenvalue weighted by atomic mass is 35.5. The van der Waals surface area contributed by atoms with Crippen molar-refractivity contribution in [1.29, 1.82) is 0 Å². The average Bonchev–Trinajstić information content (AvgIpc) is 2.57. The number of piperidine rings is 1. The van der Waals surface area contributed by atoms with E-state index in [0.29, 0.717) is 22.9 Å². The van der Waals surface area contributed by atoms with E-state index in [1.165, 1.54) is 11.8 Å². The smallest absolute Gasteiger partial charge is 0.126 e. The van der Waals surface area contributed by atoms with Crippen LogP contribution in [0.5, 0.6) is 0 Å². The van der Waals surface area contributed by atoms with Crippen LogP contribution in [0.15, 0.2) is 36.4 Å². The van der Waals surface area contributed by atoms with Gasteiger partial charge in [0, 0.05) is 22.3 Å². The molecule has 1 aromatic carbocycles. The van der Waals surface area contributed by atoms with E-state index < -0.39 is 0 Å². The first-order valence-corrected chi connectivity index (χ1v) is 8.20. The van der Waals surface area contributed by atoms with Crippen molar-refractivity contribution in [2.24, 2.45) is 0 Å². The van der Waals surface area contributed by atoms with Gasteiger partial charge in [0.05, 0.1) is 0 Å². The lowest BCUT2D eigenvalue weighted by Gasteiger charge is -2.22. The van der Waals surface area contributed by atoms with Gasteiger partial charge in [-0.3, -0.25) is 4.98 Å². The van der Waals surface area contributed by atoms with Crippen LogP contribution in [-0.4, -0.2) is 18.1 Å². The van der Waals surface area contributed by atoms with Gasteiger partial charge in [-0.1, -0.05) is 17.7 Å². The van der Waals surface area contributed by atoms with Crippen LogP contribution in [0.1, 0.15) is 35.7 Å². The summed E-state index contributed by atoms with van der Waals surface area (Å²) in [6, 6.07) is 10.9. The third-order valence-electron chi connectivity index (χ3n) is 4.24. The van der Waals surface area contributed by atoms with Crippen molar-refractivity contribution < 1.29 is 4.39 Å². The van der Waals surface area contributed by atoms with E-state index in [9.17, 15) is 4.39 Å². The fourth-order valence-corrected chi connectivity index (χ4v) is 3.17. The van der Waals surface area contributed by atoms with Crippen molar-refractivity contribution in [3.05, 3.63) is 64.2 Å². The lowest BCUT2D eigenvalue weighted by molar-refractivity contribution is 0.452. The molecule has 0 saturated carbocycles. The zero-order valence-electron chi connectivity index (χ0n) is 12.5. The molecule has 3 rings (SSSR count).